The van der Waals surface area contributed by atoms with Gasteiger partial charge in [0.05, 0.1) is 28.5 Å². The second-order valence-corrected chi connectivity index (χ2v) is 7.03. The number of hydrogen-bond donors (Lipinski definition) is 0. The number of aromatic nitrogens is 4. The number of likely N-dealkylation sites (tertiary alicyclic amines) is 1. The standard InChI is InChI=1S/C20H23N5O/c1-13-14(2)23-19-11-16(6-7-18(19)22-13)20(26)24-9-4-5-17(12-24)25-10-8-21-15(25)3/h6-8,10-11,17H,4-5,9,12H2,1-3H3. The Bertz CT molecular complexity index is 977. The number of rotatable bonds is 2. The third-order valence-electron chi connectivity index (χ3n) is 5.26. The summed E-state index contributed by atoms with van der Waals surface area (Å²) in [4.78, 5) is 28.4. The SMILES string of the molecule is Cc1nc2ccc(C(=O)N3CCCC(n4ccnc4C)C3)cc2nc1C. The largest absolute Gasteiger partial charge is 0.337 e. The predicted molar refractivity (Wildman–Crippen MR) is 100 cm³/mol. The lowest BCUT2D eigenvalue weighted by Gasteiger charge is -2.34. The number of aryl methyl sites for hydroxylation is 3. The van der Waals surface area contributed by atoms with Gasteiger partial charge in [0.25, 0.3) is 5.91 Å². The van der Waals surface area contributed by atoms with Gasteiger partial charge in [0.15, 0.2) is 0 Å². The first-order valence-electron chi connectivity index (χ1n) is 9.06. The lowest BCUT2D eigenvalue weighted by Crippen LogP contribution is -2.40. The number of fused-ring (bicyclic) bond motifs is 1. The normalized spacial score (nSPS) is 17.7. The van der Waals surface area contributed by atoms with Crippen molar-refractivity contribution in [3.63, 3.8) is 0 Å². The van der Waals surface area contributed by atoms with Crippen LogP contribution in [0.3, 0.4) is 0 Å². The van der Waals surface area contributed by atoms with E-state index in [9.17, 15) is 4.79 Å². The summed E-state index contributed by atoms with van der Waals surface area (Å²) in [5.74, 6) is 1.06. The van der Waals surface area contributed by atoms with Crippen LogP contribution in [0.15, 0.2) is 30.6 Å². The summed E-state index contributed by atoms with van der Waals surface area (Å²) in [7, 11) is 0. The van der Waals surface area contributed by atoms with Crippen molar-refractivity contribution in [2.75, 3.05) is 13.1 Å². The molecule has 0 radical (unpaired) electrons. The summed E-state index contributed by atoms with van der Waals surface area (Å²) in [5, 5.41) is 0. The van der Waals surface area contributed by atoms with E-state index in [2.05, 4.69) is 19.5 Å². The predicted octanol–water partition coefficient (Wildman–Crippen LogP) is 3.23. The average Bonchev–Trinajstić information content (AvgIpc) is 3.08. The Morgan fingerprint density at radius 2 is 1.88 bits per heavy atom. The molecule has 1 unspecified atom stereocenters. The minimum absolute atomic E-state index is 0.0643. The zero-order valence-corrected chi connectivity index (χ0v) is 15.4. The van der Waals surface area contributed by atoms with Gasteiger partial charge in [-0.2, -0.15) is 0 Å². The van der Waals surface area contributed by atoms with Gasteiger partial charge in [-0.25, -0.2) is 15.0 Å². The van der Waals surface area contributed by atoms with Crippen LogP contribution in [-0.4, -0.2) is 43.4 Å². The van der Waals surface area contributed by atoms with Crippen LogP contribution in [0.4, 0.5) is 0 Å². The molecule has 1 aromatic carbocycles. The lowest BCUT2D eigenvalue weighted by atomic mass is 10.0. The van der Waals surface area contributed by atoms with Gasteiger partial charge in [0.1, 0.15) is 5.82 Å². The van der Waals surface area contributed by atoms with Crippen LogP contribution >= 0.6 is 0 Å². The maximum Gasteiger partial charge on any atom is 0.254 e. The number of imidazole rings is 1. The highest BCUT2D eigenvalue weighted by Crippen LogP contribution is 2.24. The summed E-state index contributed by atoms with van der Waals surface area (Å²) >= 11 is 0. The van der Waals surface area contributed by atoms with Crippen molar-refractivity contribution >= 4 is 16.9 Å². The number of benzene rings is 1. The minimum Gasteiger partial charge on any atom is -0.337 e. The van der Waals surface area contributed by atoms with E-state index in [0.717, 1.165) is 47.6 Å². The minimum atomic E-state index is 0.0643. The Morgan fingerprint density at radius 3 is 2.62 bits per heavy atom. The number of carbonyl (C=O) groups excluding carboxylic acids is 1. The van der Waals surface area contributed by atoms with Crippen molar-refractivity contribution in [2.24, 2.45) is 0 Å². The molecule has 4 rings (SSSR count). The molecule has 0 saturated carbocycles. The van der Waals surface area contributed by atoms with E-state index in [4.69, 9.17) is 0 Å². The van der Waals surface area contributed by atoms with E-state index < -0.39 is 0 Å². The van der Waals surface area contributed by atoms with Gasteiger partial charge in [-0.05, 0) is 51.8 Å². The molecule has 1 amide bonds. The number of nitrogens with zero attached hydrogens (tertiary/aromatic N) is 5. The third-order valence-corrected chi connectivity index (χ3v) is 5.26. The van der Waals surface area contributed by atoms with Crippen molar-refractivity contribution in [2.45, 2.75) is 39.7 Å². The second kappa shape index (κ2) is 6.52. The van der Waals surface area contributed by atoms with Gasteiger partial charge in [-0.1, -0.05) is 0 Å². The molecule has 0 N–H and O–H groups in total. The summed E-state index contributed by atoms with van der Waals surface area (Å²) in [6, 6.07) is 5.91. The Labute approximate surface area is 152 Å². The molecule has 6 heteroatoms. The quantitative estimate of drug-likeness (QED) is 0.712. The van der Waals surface area contributed by atoms with Crippen LogP contribution < -0.4 is 0 Å². The summed E-state index contributed by atoms with van der Waals surface area (Å²) < 4.78 is 2.18. The van der Waals surface area contributed by atoms with Crippen LogP contribution in [0, 0.1) is 20.8 Å². The summed E-state index contributed by atoms with van der Waals surface area (Å²) in [6.07, 6.45) is 5.90. The Balaban J connectivity index is 1.59. The molecule has 1 fully saturated rings. The van der Waals surface area contributed by atoms with E-state index in [1.54, 1.807) is 0 Å². The Morgan fingerprint density at radius 1 is 1.12 bits per heavy atom. The molecule has 1 aliphatic rings. The molecular weight excluding hydrogens is 326 g/mol. The fourth-order valence-corrected chi connectivity index (χ4v) is 3.69. The molecule has 6 nitrogen and oxygen atoms in total. The summed E-state index contributed by atoms with van der Waals surface area (Å²) in [6.45, 7) is 7.41. The first-order valence-corrected chi connectivity index (χ1v) is 9.06. The van der Waals surface area contributed by atoms with Crippen molar-refractivity contribution in [3.05, 3.63) is 53.4 Å². The van der Waals surface area contributed by atoms with Crippen molar-refractivity contribution in [3.8, 4) is 0 Å². The molecule has 1 saturated heterocycles. The third kappa shape index (κ3) is 2.96. The van der Waals surface area contributed by atoms with E-state index in [1.807, 2.05) is 56.3 Å². The highest BCUT2D eigenvalue weighted by Gasteiger charge is 2.26. The van der Waals surface area contributed by atoms with Crippen molar-refractivity contribution in [1.82, 2.24) is 24.4 Å². The van der Waals surface area contributed by atoms with E-state index in [0.29, 0.717) is 18.2 Å². The fraction of sp³-hybridized carbons (Fsp3) is 0.400. The molecule has 0 bridgehead atoms. The molecule has 3 aromatic rings. The first-order chi connectivity index (χ1) is 12.5. The molecule has 0 spiro atoms. The van der Waals surface area contributed by atoms with Crippen LogP contribution in [0.1, 0.15) is 46.5 Å². The molecule has 134 valence electrons. The van der Waals surface area contributed by atoms with E-state index >= 15 is 0 Å². The highest BCUT2D eigenvalue weighted by molar-refractivity contribution is 5.97. The molecule has 1 aliphatic heterocycles. The molecule has 26 heavy (non-hydrogen) atoms. The highest BCUT2D eigenvalue weighted by atomic mass is 16.2. The maximum atomic E-state index is 13.0. The van der Waals surface area contributed by atoms with Gasteiger partial charge in [0.2, 0.25) is 0 Å². The van der Waals surface area contributed by atoms with Crippen molar-refractivity contribution in [1.29, 1.82) is 0 Å². The van der Waals surface area contributed by atoms with Gasteiger partial charge in [-0.3, -0.25) is 4.79 Å². The lowest BCUT2D eigenvalue weighted by molar-refractivity contribution is 0.0678. The average molecular weight is 349 g/mol. The van der Waals surface area contributed by atoms with Gasteiger partial charge in [0, 0.05) is 31.0 Å². The number of piperidine rings is 1. The summed E-state index contributed by atoms with van der Waals surface area (Å²) in [5.41, 5.74) is 4.10. The number of carbonyl (C=O) groups is 1. The van der Waals surface area contributed by atoms with Crippen LogP contribution in [0.25, 0.3) is 11.0 Å². The first kappa shape index (κ1) is 16.7. The van der Waals surface area contributed by atoms with Crippen molar-refractivity contribution < 1.29 is 4.79 Å². The number of hydrogen-bond acceptors (Lipinski definition) is 4. The van der Waals surface area contributed by atoms with E-state index in [-0.39, 0.29) is 5.91 Å². The van der Waals surface area contributed by atoms with Gasteiger partial charge >= 0.3 is 0 Å². The molecule has 3 heterocycles. The Hall–Kier alpha value is -2.76. The zero-order valence-electron chi connectivity index (χ0n) is 15.4. The zero-order chi connectivity index (χ0) is 18.3. The molecular formula is C20H23N5O. The smallest absolute Gasteiger partial charge is 0.254 e. The molecule has 1 atom stereocenters. The fourth-order valence-electron chi connectivity index (χ4n) is 3.69. The molecule has 2 aromatic heterocycles. The number of amides is 1. The van der Waals surface area contributed by atoms with Gasteiger partial charge < -0.3 is 9.47 Å². The second-order valence-electron chi connectivity index (χ2n) is 7.03. The van der Waals surface area contributed by atoms with Crippen LogP contribution in [-0.2, 0) is 0 Å². The van der Waals surface area contributed by atoms with Crippen LogP contribution in [0.2, 0.25) is 0 Å². The van der Waals surface area contributed by atoms with Gasteiger partial charge in [-0.15, -0.1) is 0 Å². The topological polar surface area (TPSA) is 63.9 Å². The maximum absolute atomic E-state index is 13.0. The Kier molecular flexibility index (Phi) is 4.18. The molecule has 0 aliphatic carbocycles. The van der Waals surface area contributed by atoms with Crippen LogP contribution in [0.5, 0.6) is 0 Å². The van der Waals surface area contributed by atoms with E-state index in [1.165, 1.54) is 0 Å². The monoisotopic (exact) mass is 349 g/mol.